The summed E-state index contributed by atoms with van der Waals surface area (Å²) in [5.41, 5.74) is 1.76. The van der Waals surface area contributed by atoms with Gasteiger partial charge in [-0.3, -0.25) is 4.79 Å². The smallest absolute Gasteiger partial charge is 0.206 e. The van der Waals surface area contributed by atoms with E-state index in [1.807, 2.05) is 36.2 Å². The predicted molar refractivity (Wildman–Crippen MR) is 102 cm³/mol. The largest absolute Gasteiger partial charge is 0.336 e. The molecule has 25 heavy (non-hydrogen) atoms. The molecule has 0 aliphatic carbocycles. The zero-order chi connectivity index (χ0) is 17.4. The number of Topliss-reactive ketones (excluding diaryl/α,β-unsaturated/α-hetero) is 1. The summed E-state index contributed by atoms with van der Waals surface area (Å²) < 4.78 is 0. The summed E-state index contributed by atoms with van der Waals surface area (Å²) in [4.78, 5) is 15.8. The van der Waals surface area contributed by atoms with Crippen LogP contribution in [0.5, 0.6) is 0 Å². The normalized spacial score (nSPS) is 15.0. The Kier molecular flexibility index (Phi) is 3.79. The van der Waals surface area contributed by atoms with Gasteiger partial charge in [-0.2, -0.15) is 5.26 Å². The molecule has 0 saturated carbocycles. The first-order valence-electron chi connectivity index (χ1n) is 7.88. The standard InChI is InChI=1S/C21H14N2OS/c1-23-19-16-10-6-5-7-14(16)11-12-18(19)25-21(23)17(13-22)20(24)15-8-3-2-4-9-15/h2-12H,1H3. The van der Waals surface area contributed by atoms with Crippen LogP contribution in [0.1, 0.15) is 10.4 Å². The van der Waals surface area contributed by atoms with Gasteiger partial charge in [0.2, 0.25) is 5.78 Å². The molecule has 0 saturated heterocycles. The number of nitrogens with zero attached hydrogens (tertiary/aromatic N) is 2. The fourth-order valence-electron chi connectivity index (χ4n) is 3.09. The van der Waals surface area contributed by atoms with Crippen LogP contribution in [0, 0.1) is 11.3 Å². The maximum atomic E-state index is 12.8. The third-order valence-corrected chi connectivity index (χ3v) is 5.52. The summed E-state index contributed by atoms with van der Waals surface area (Å²) in [6.07, 6.45) is 0. The molecule has 3 aromatic rings. The number of nitriles is 1. The van der Waals surface area contributed by atoms with Crippen molar-refractivity contribution in [3.05, 3.63) is 82.9 Å². The molecular weight excluding hydrogens is 328 g/mol. The van der Waals surface area contributed by atoms with Gasteiger partial charge < -0.3 is 4.90 Å². The number of carbonyl (C=O) groups is 1. The second kappa shape index (κ2) is 6.12. The fourth-order valence-corrected chi connectivity index (χ4v) is 4.24. The number of hydrogen-bond donors (Lipinski definition) is 0. The van der Waals surface area contributed by atoms with Crippen LogP contribution < -0.4 is 4.90 Å². The number of thioether (sulfide) groups is 1. The quantitative estimate of drug-likeness (QED) is 0.373. The highest BCUT2D eigenvalue weighted by atomic mass is 32.2. The monoisotopic (exact) mass is 342 g/mol. The van der Waals surface area contributed by atoms with Gasteiger partial charge in [-0.15, -0.1) is 0 Å². The van der Waals surface area contributed by atoms with Crippen molar-refractivity contribution < 1.29 is 4.79 Å². The van der Waals surface area contributed by atoms with E-state index in [1.165, 1.54) is 11.8 Å². The van der Waals surface area contributed by atoms with Crippen LogP contribution in [0.4, 0.5) is 5.69 Å². The van der Waals surface area contributed by atoms with Crippen LogP contribution >= 0.6 is 11.8 Å². The Morgan fingerprint density at radius 2 is 1.72 bits per heavy atom. The van der Waals surface area contributed by atoms with Gasteiger partial charge in [0.1, 0.15) is 16.7 Å². The minimum atomic E-state index is -0.241. The Morgan fingerprint density at radius 3 is 2.48 bits per heavy atom. The van der Waals surface area contributed by atoms with Crippen molar-refractivity contribution in [2.45, 2.75) is 4.90 Å². The van der Waals surface area contributed by atoms with E-state index in [4.69, 9.17) is 0 Å². The zero-order valence-electron chi connectivity index (χ0n) is 13.6. The summed E-state index contributed by atoms with van der Waals surface area (Å²) in [5.74, 6) is -0.241. The molecule has 0 radical (unpaired) electrons. The molecule has 0 fully saturated rings. The lowest BCUT2D eigenvalue weighted by atomic mass is 10.0. The van der Waals surface area contributed by atoms with Crippen molar-refractivity contribution in [2.75, 3.05) is 11.9 Å². The zero-order valence-corrected chi connectivity index (χ0v) is 14.4. The van der Waals surface area contributed by atoms with Gasteiger partial charge in [0.15, 0.2) is 0 Å². The first-order valence-corrected chi connectivity index (χ1v) is 8.70. The molecule has 0 spiro atoms. The predicted octanol–water partition coefficient (Wildman–Crippen LogP) is 5.00. The molecule has 0 bridgehead atoms. The van der Waals surface area contributed by atoms with Crippen LogP contribution in [-0.4, -0.2) is 12.8 Å². The number of fused-ring (bicyclic) bond motifs is 3. The van der Waals surface area contributed by atoms with Gasteiger partial charge in [-0.1, -0.05) is 72.4 Å². The Labute approximate surface area is 150 Å². The van der Waals surface area contributed by atoms with Crippen LogP contribution in [0.3, 0.4) is 0 Å². The van der Waals surface area contributed by atoms with E-state index in [0.29, 0.717) is 10.6 Å². The second-order valence-corrected chi connectivity index (χ2v) is 6.81. The SMILES string of the molecule is CN1C(=C(C#N)C(=O)c2ccccc2)Sc2ccc3ccccc3c21. The molecule has 1 aliphatic heterocycles. The van der Waals surface area contributed by atoms with Crippen LogP contribution in [-0.2, 0) is 0 Å². The van der Waals surface area contributed by atoms with E-state index in [2.05, 4.69) is 24.3 Å². The van der Waals surface area contributed by atoms with Crippen molar-refractivity contribution >= 4 is 34.0 Å². The van der Waals surface area contributed by atoms with Crippen molar-refractivity contribution in [3.8, 4) is 6.07 Å². The number of rotatable bonds is 2. The number of hydrogen-bond acceptors (Lipinski definition) is 4. The van der Waals surface area contributed by atoms with Crippen molar-refractivity contribution in [1.29, 1.82) is 5.26 Å². The van der Waals surface area contributed by atoms with E-state index in [0.717, 1.165) is 21.4 Å². The van der Waals surface area contributed by atoms with E-state index in [9.17, 15) is 10.1 Å². The summed E-state index contributed by atoms with van der Waals surface area (Å²) in [7, 11) is 1.91. The Bertz CT molecular complexity index is 1060. The Hall–Kier alpha value is -3.03. The van der Waals surface area contributed by atoms with Crippen LogP contribution in [0.25, 0.3) is 10.8 Å². The molecule has 3 aromatic carbocycles. The third-order valence-electron chi connectivity index (χ3n) is 4.30. The van der Waals surface area contributed by atoms with Gasteiger partial charge in [0.25, 0.3) is 0 Å². The number of ketones is 1. The maximum absolute atomic E-state index is 12.8. The molecule has 0 aromatic heterocycles. The highest BCUT2D eigenvalue weighted by Crippen LogP contribution is 2.49. The molecule has 1 aliphatic rings. The van der Waals surface area contributed by atoms with Crippen molar-refractivity contribution in [1.82, 2.24) is 0 Å². The highest BCUT2D eigenvalue weighted by molar-refractivity contribution is 8.03. The second-order valence-electron chi connectivity index (χ2n) is 5.78. The van der Waals surface area contributed by atoms with E-state index in [1.54, 1.807) is 24.3 Å². The molecular formula is C21H14N2OS. The van der Waals surface area contributed by atoms with Gasteiger partial charge in [0, 0.05) is 22.9 Å². The first-order chi connectivity index (χ1) is 12.2. The number of anilines is 1. The molecule has 4 rings (SSSR count). The highest BCUT2D eigenvalue weighted by Gasteiger charge is 2.29. The lowest BCUT2D eigenvalue weighted by molar-refractivity contribution is 0.103. The summed E-state index contributed by atoms with van der Waals surface area (Å²) in [6, 6.07) is 23.3. The van der Waals surface area contributed by atoms with E-state index in [-0.39, 0.29) is 11.4 Å². The maximum Gasteiger partial charge on any atom is 0.206 e. The molecule has 0 N–H and O–H groups in total. The lowest BCUT2D eigenvalue weighted by Gasteiger charge is -2.16. The molecule has 3 nitrogen and oxygen atoms in total. The van der Waals surface area contributed by atoms with Gasteiger partial charge in [0.05, 0.1) is 5.69 Å². The molecule has 0 unspecified atom stereocenters. The molecule has 0 atom stereocenters. The van der Waals surface area contributed by atoms with Crippen LogP contribution in [0.15, 0.2) is 82.2 Å². The topological polar surface area (TPSA) is 44.1 Å². The van der Waals surface area contributed by atoms with Gasteiger partial charge in [-0.25, -0.2) is 0 Å². The summed E-state index contributed by atoms with van der Waals surface area (Å²) in [5, 5.41) is 12.6. The fraction of sp³-hybridized carbons (Fsp3) is 0.0476. The van der Waals surface area contributed by atoms with Gasteiger partial charge >= 0.3 is 0 Å². The number of benzene rings is 3. The molecule has 1 heterocycles. The summed E-state index contributed by atoms with van der Waals surface area (Å²) in [6.45, 7) is 0. The van der Waals surface area contributed by atoms with E-state index >= 15 is 0 Å². The third kappa shape index (κ3) is 2.50. The Balaban J connectivity index is 1.86. The molecule has 4 heteroatoms. The Morgan fingerprint density at radius 1 is 1.00 bits per heavy atom. The van der Waals surface area contributed by atoms with Gasteiger partial charge in [-0.05, 0) is 11.5 Å². The van der Waals surface area contributed by atoms with E-state index < -0.39 is 0 Å². The minimum absolute atomic E-state index is 0.180. The molecule has 120 valence electrons. The van der Waals surface area contributed by atoms with Crippen molar-refractivity contribution in [2.24, 2.45) is 0 Å². The average molecular weight is 342 g/mol. The average Bonchev–Trinajstić information content (AvgIpc) is 3.00. The van der Waals surface area contributed by atoms with Crippen molar-refractivity contribution in [3.63, 3.8) is 0 Å². The number of allylic oxidation sites excluding steroid dienone is 1. The minimum Gasteiger partial charge on any atom is -0.336 e. The first kappa shape index (κ1) is 15.5. The number of carbonyl (C=O) groups excluding carboxylic acids is 1. The van der Waals surface area contributed by atoms with Crippen LogP contribution in [0.2, 0.25) is 0 Å². The lowest BCUT2D eigenvalue weighted by Crippen LogP contribution is -2.15. The summed E-state index contributed by atoms with van der Waals surface area (Å²) >= 11 is 1.48. The molecule has 0 amide bonds.